The molecular formula is C12H8FNS. The Bertz CT molecular complexity index is 493. The Kier molecular flexibility index (Phi) is 2.79. The van der Waals surface area contributed by atoms with Crippen LogP contribution in [0, 0.1) is 17.1 Å². The van der Waals surface area contributed by atoms with E-state index in [0.29, 0.717) is 6.42 Å². The van der Waals surface area contributed by atoms with Crippen molar-refractivity contribution in [3.8, 4) is 16.5 Å². The summed E-state index contributed by atoms with van der Waals surface area (Å²) in [6.07, 6.45) is 0.436. The van der Waals surface area contributed by atoms with Crippen molar-refractivity contribution in [1.29, 1.82) is 5.26 Å². The van der Waals surface area contributed by atoms with Gasteiger partial charge in [-0.2, -0.15) is 5.26 Å². The summed E-state index contributed by atoms with van der Waals surface area (Å²) in [4.78, 5) is 2.11. The lowest BCUT2D eigenvalue weighted by Gasteiger charge is -1.95. The monoisotopic (exact) mass is 217 g/mol. The van der Waals surface area contributed by atoms with Crippen LogP contribution in [0.4, 0.5) is 4.39 Å². The molecule has 0 atom stereocenters. The molecule has 0 fully saturated rings. The summed E-state index contributed by atoms with van der Waals surface area (Å²) >= 11 is 1.57. The Hall–Kier alpha value is -1.66. The normalized spacial score (nSPS) is 9.87. The summed E-state index contributed by atoms with van der Waals surface area (Å²) < 4.78 is 12.7. The minimum Gasteiger partial charge on any atom is -0.207 e. The Balaban J connectivity index is 2.30. The molecule has 1 aromatic heterocycles. The number of nitrogens with zero attached hydrogens (tertiary/aromatic N) is 1. The van der Waals surface area contributed by atoms with E-state index >= 15 is 0 Å². The lowest BCUT2D eigenvalue weighted by molar-refractivity contribution is 0.628. The van der Waals surface area contributed by atoms with Crippen molar-refractivity contribution < 1.29 is 4.39 Å². The number of nitriles is 1. The van der Waals surface area contributed by atoms with Gasteiger partial charge in [0.05, 0.1) is 12.5 Å². The van der Waals surface area contributed by atoms with Crippen LogP contribution in [-0.4, -0.2) is 0 Å². The average Bonchev–Trinajstić information content (AvgIpc) is 2.68. The molecule has 0 aliphatic rings. The van der Waals surface area contributed by atoms with Gasteiger partial charge in [-0.25, -0.2) is 4.39 Å². The molecular weight excluding hydrogens is 209 g/mol. The van der Waals surface area contributed by atoms with E-state index in [-0.39, 0.29) is 5.82 Å². The van der Waals surface area contributed by atoms with Crippen LogP contribution >= 0.6 is 11.3 Å². The highest BCUT2D eigenvalue weighted by atomic mass is 32.1. The summed E-state index contributed by atoms with van der Waals surface area (Å²) in [5, 5.41) is 8.54. The predicted molar refractivity (Wildman–Crippen MR) is 59.0 cm³/mol. The molecule has 0 saturated heterocycles. The third-order valence-electron chi connectivity index (χ3n) is 2.04. The molecule has 1 heterocycles. The zero-order valence-corrected chi connectivity index (χ0v) is 8.72. The first-order chi connectivity index (χ1) is 7.29. The van der Waals surface area contributed by atoms with Crippen molar-refractivity contribution in [3.05, 3.63) is 47.1 Å². The lowest BCUT2D eigenvalue weighted by atomic mass is 10.2. The summed E-state index contributed by atoms with van der Waals surface area (Å²) in [7, 11) is 0. The van der Waals surface area contributed by atoms with Gasteiger partial charge in [-0.15, -0.1) is 11.3 Å². The van der Waals surface area contributed by atoms with Gasteiger partial charge < -0.3 is 0 Å². The van der Waals surface area contributed by atoms with Crippen LogP contribution in [0.2, 0.25) is 0 Å². The highest BCUT2D eigenvalue weighted by Crippen LogP contribution is 2.28. The molecule has 0 aliphatic carbocycles. The molecule has 0 N–H and O–H groups in total. The summed E-state index contributed by atoms with van der Waals surface area (Å²) in [5.74, 6) is -0.229. The third-order valence-corrected chi connectivity index (χ3v) is 3.18. The van der Waals surface area contributed by atoms with Gasteiger partial charge in [0, 0.05) is 9.75 Å². The Morgan fingerprint density at radius 1 is 1.13 bits per heavy atom. The zero-order valence-electron chi connectivity index (χ0n) is 7.90. The quantitative estimate of drug-likeness (QED) is 0.753. The molecule has 0 aliphatic heterocycles. The summed E-state index contributed by atoms with van der Waals surface area (Å²) in [6, 6.07) is 12.4. The molecule has 1 nitrogen and oxygen atoms in total. The molecule has 0 saturated carbocycles. The van der Waals surface area contributed by atoms with E-state index in [1.54, 1.807) is 23.5 Å². The van der Waals surface area contributed by atoms with Crippen molar-refractivity contribution in [2.24, 2.45) is 0 Å². The standard InChI is InChI=1S/C12H8FNS/c13-10-3-1-9(2-4-10)12-6-5-11(15-12)7-8-14/h1-6H,7H2. The van der Waals surface area contributed by atoms with Gasteiger partial charge in [-0.3, -0.25) is 0 Å². The fraction of sp³-hybridized carbons (Fsp3) is 0.0833. The maximum absolute atomic E-state index is 12.7. The number of hydrogen-bond donors (Lipinski definition) is 0. The molecule has 74 valence electrons. The van der Waals surface area contributed by atoms with Crippen LogP contribution < -0.4 is 0 Å². The summed E-state index contributed by atoms with van der Waals surface area (Å²) in [5.41, 5.74) is 0.991. The predicted octanol–water partition coefficient (Wildman–Crippen LogP) is 3.62. The van der Waals surface area contributed by atoms with Crippen LogP contribution in [-0.2, 0) is 6.42 Å². The van der Waals surface area contributed by atoms with Crippen LogP contribution in [0.1, 0.15) is 4.88 Å². The van der Waals surface area contributed by atoms with Crippen molar-refractivity contribution in [2.45, 2.75) is 6.42 Å². The SMILES string of the molecule is N#CCc1ccc(-c2ccc(F)cc2)s1. The number of thiophene rings is 1. The third kappa shape index (κ3) is 2.23. The second kappa shape index (κ2) is 4.24. The Morgan fingerprint density at radius 3 is 2.53 bits per heavy atom. The minimum absolute atomic E-state index is 0.229. The first-order valence-electron chi connectivity index (χ1n) is 4.51. The maximum atomic E-state index is 12.7. The largest absolute Gasteiger partial charge is 0.207 e. The zero-order chi connectivity index (χ0) is 10.7. The first-order valence-corrected chi connectivity index (χ1v) is 5.33. The average molecular weight is 217 g/mol. The van der Waals surface area contributed by atoms with E-state index in [2.05, 4.69) is 6.07 Å². The van der Waals surface area contributed by atoms with E-state index < -0.39 is 0 Å². The van der Waals surface area contributed by atoms with Gasteiger partial charge in [0.15, 0.2) is 0 Å². The van der Waals surface area contributed by atoms with Crippen molar-refractivity contribution in [3.63, 3.8) is 0 Å². The van der Waals surface area contributed by atoms with E-state index in [1.165, 1.54) is 12.1 Å². The van der Waals surface area contributed by atoms with Crippen LogP contribution in [0.25, 0.3) is 10.4 Å². The lowest BCUT2D eigenvalue weighted by Crippen LogP contribution is -1.74. The van der Waals surface area contributed by atoms with Crippen LogP contribution in [0.15, 0.2) is 36.4 Å². The van der Waals surface area contributed by atoms with Crippen molar-refractivity contribution in [2.75, 3.05) is 0 Å². The van der Waals surface area contributed by atoms with E-state index in [4.69, 9.17) is 5.26 Å². The smallest absolute Gasteiger partial charge is 0.123 e. The van der Waals surface area contributed by atoms with Gasteiger partial charge >= 0.3 is 0 Å². The highest BCUT2D eigenvalue weighted by molar-refractivity contribution is 7.15. The van der Waals surface area contributed by atoms with E-state index in [9.17, 15) is 4.39 Å². The van der Waals surface area contributed by atoms with Crippen LogP contribution in [0.3, 0.4) is 0 Å². The molecule has 1 aromatic carbocycles. The fourth-order valence-electron chi connectivity index (χ4n) is 1.32. The summed E-state index contributed by atoms with van der Waals surface area (Å²) in [6.45, 7) is 0. The molecule has 3 heteroatoms. The molecule has 0 radical (unpaired) electrons. The van der Waals surface area contributed by atoms with Gasteiger partial charge in [0.2, 0.25) is 0 Å². The molecule has 0 spiro atoms. The van der Waals surface area contributed by atoms with Crippen molar-refractivity contribution in [1.82, 2.24) is 0 Å². The van der Waals surface area contributed by atoms with Gasteiger partial charge in [-0.1, -0.05) is 12.1 Å². The topological polar surface area (TPSA) is 23.8 Å². The van der Waals surface area contributed by atoms with Crippen LogP contribution in [0.5, 0.6) is 0 Å². The molecule has 0 bridgehead atoms. The van der Waals surface area contributed by atoms with Gasteiger partial charge in [-0.05, 0) is 29.8 Å². The highest BCUT2D eigenvalue weighted by Gasteiger charge is 2.02. The Morgan fingerprint density at radius 2 is 1.87 bits per heavy atom. The van der Waals surface area contributed by atoms with Gasteiger partial charge in [0.1, 0.15) is 5.82 Å². The molecule has 2 rings (SSSR count). The van der Waals surface area contributed by atoms with E-state index in [1.807, 2.05) is 12.1 Å². The van der Waals surface area contributed by atoms with E-state index in [0.717, 1.165) is 15.3 Å². The Labute approximate surface area is 91.4 Å². The number of rotatable bonds is 2. The minimum atomic E-state index is -0.229. The molecule has 15 heavy (non-hydrogen) atoms. The number of benzene rings is 1. The molecule has 0 unspecified atom stereocenters. The molecule has 2 aromatic rings. The number of halogens is 1. The first kappa shape index (κ1) is 9.88. The second-order valence-electron chi connectivity index (χ2n) is 3.11. The number of hydrogen-bond acceptors (Lipinski definition) is 2. The molecule has 0 amide bonds. The van der Waals surface area contributed by atoms with Gasteiger partial charge in [0.25, 0.3) is 0 Å². The van der Waals surface area contributed by atoms with Crippen molar-refractivity contribution >= 4 is 11.3 Å². The fourth-order valence-corrected chi connectivity index (χ4v) is 2.27. The maximum Gasteiger partial charge on any atom is 0.123 e. The second-order valence-corrected chi connectivity index (χ2v) is 4.28.